The van der Waals surface area contributed by atoms with Gasteiger partial charge < -0.3 is 15.8 Å². The number of hydrogen-bond acceptors (Lipinski definition) is 4. The van der Waals surface area contributed by atoms with E-state index in [1.165, 1.54) is 12.8 Å². The van der Waals surface area contributed by atoms with E-state index in [1.54, 1.807) is 13.3 Å². The third-order valence-electron chi connectivity index (χ3n) is 3.20. The molecule has 3 N–H and O–H groups in total. The molecule has 16 heavy (non-hydrogen) atoms. The number of aromatic nitrogens is 1. The summed E-state index contributed by atoms with van der Waals surface area (Å²) in [5, 5.41) is 3.29. The second-order valence-corrected chi connectivity index (χ2v) is 4.28. The number of nitrogens with two attached hydrogens (primary N) is 1. The molecule has 0 aliphatic heterocycles. The lowest BCUT2D eigenvalue weighted by atomic mass is 9.98. The number of nitrogen functional groups attached to an aromatic ring is 1. The smallest absolute Gasteiger partial charge is 0.128 e. The van der Waals surface area contributed by atoms with Gasteiger partial charge in [0.1, 0.15) is 5.82 Å². The van der Waals surface area contributed by atoms with Gasteiger partial charge in [0.15, 0.2) is 0 Å². The molecule has 4 nitrogen and oxygen atoms in total. The average molecular weight is 221 g/mol. The van der Waals surface area contributed by atoms with Crippen LogP contribution >= 0.6 is 0 Å². The zero-order valence-electron chi connectivity index (χ0n) is 9.81. The Morgan fingerprint density at radius 2 is 2.31 bits per heavy atom. The van der Waals surface area contributed by atoms with Crippen LogP contribution in [0.5, 0.6) is 0 Å². The summed E-state index contributed by atoms with van der Waals surface area (Å²) >= 11 is 0. The molecule has 1 aromatic rings. The minimum absolute atomic E-state index is 0.131. The van der Waals surface area contributed by atoms with Crippen molar-refractivity contribution in [2.24, 2.45) is 5.92 Å². The number of rotatable bonds is 5. The third kappa shape index (κ3) is 2.18. The Kier molecular flexibility index (Phi) is 3.41. The Morgan fingerprint density at radius 3 is 2.81 bits per heavy atom. The number of likely N-dealkylation sites (N-methyl/N-ethyl adjacent to an activating group) is 1. The largest absolute Gasteiger partial charge is 0.383 e. The first kappa shape index (κ1) is 11.4. The van der Waals surface area contributed by atoms with E-state index in [2.05, 4.69) is 10.3 Å². The molecular formula is C12H19N3O. The lowest BCUT2D eigenvalue weighted by molar-refractivity contribution is 0.0532. The third-order valence-corrected chi connectivity index (χ3v) is 3.20. The first-order valence-corrected chi connectivity index (χ1v) is 5.68. The summed E-state index contributed by atoms with van der Waals surface area (Å²) in [6.45, 7) is 0. The van der Waals surface area contributed by atoms with E-state index in [9.17, 15) is 0 Å². The minimum Gasteiger partial charge on any atom is -0.383 e. The SMILES string of the molecule is CNC(c1cccnc1N)C(OC)C1CC1. The summed E-state index contributed by atoms with van der Waals surface area (Å²) in [7, 11) is 3.70. The maximum Gasteiger partial charge on any atom is 0.128 e. The van der Waals surface area contributed by atoms with Crippen LogP contribution in [0.25, 0.3) is 0 Å². The van der Waals surface area contributed by atoms with E-state index in [0.717, 1.165) is 5.56 Å². The molecule has 1 fully saturated rings. The number of nitrogens with one attached hydrogen (secondary N) is 1. The molecule has 0 aromatic carbocycles. The van der Waals surface area contributed by atoms with Gasteiger partial charge in [-0.15, -0.1) is 0 Å². The lowest BCUT2D eigenvalue weighted by Crippen LogP contribution is -2.33. The fraction of sp³-hybridized carbons (Fsp3) is 0.583. The van der Waals surface area contributed by atoms with Gasteiger partial charge in [0.05, 0.1) is 12.1 Å². The molecule has 0 saturated heterocycles. The molecule has 0 bridgehead atoms. The molecule has 2 atom stereocenters. The molecule has 2 unspecified atom stereocenters. The van der Waals surface area contributed by atoms with Crippen molar-refractivity contribution in [3.63, 3.8) is 0 Å². The average Bonchev–Trinajstić information content (AvgIpc) is 3.11. The van der Waals surface area contributed by atoms with Crippen LogP contribution in [0.3, 0.4) is 0 Å². The fourth-order valence-corrected chi connectivity index (χ4v) is 2.22. The van der Waals surface area contributed by atoms with Gasteiger partial charge in [0, 0.05) is 18.9 Å². The van der Waals surface area contributed by atoms with E-state index in [4.69, 9.17) is 10.5 Å². The van der Waals surface area contributed by atoms with Gasteiger partial charge in [0.25, 0.3) is 0 Å². The van der Waals surface area contributed by atoms with Crippen LogP contribution < -0.4 is 11.1 Å². The molecule has 1 saturated carbocycles. The van der Waals surface area contributed by atoms with Crippen molar-refractivity contribution in [2.75, 3.05) is 19.9 Å². The van der Waals surface area contributed by atoms with Crippen LogP contribution in [-0.2, 0) is 4.74 Å². The first-order valence-electron chi connectivity index (χ1n) is 5.68. The number of nitrogens with zero attached hydrogens (tertiary/aromatic N) is 1. The molecular weight excluding hydrogens is 202 g/mol. The predicted octanol–water partition coefficient (Wildman–Crippen LogP) is 1.35. The van der Waals surface area contributed by atoms with Gasteiger partial charge in [-0.25, -0.2) is 4.98 Å². The van der Waals surface area contributed by atoms with E-state index in [1.807, 2.05) is 19.2 Å². The molecule has 88 valence electrons. The van der Waals surface area contributed by atoms with Gasteiger partial charge in [-0.3, -0.25) is 0 Å². The maximum absolute atomic E-state index is 5.90. The summed E-state index contributed by atoms with van der Waals surface area (Å²) in [6, 6.07) is 4.05. The second-order valence-electron chi connectivity index (χ2n) is 4.28. The fourth-order valence-electron chi connectivity index (χ4n) is 2.22. The summed E-state index contributed by atoms with van der Waals surface area (Å²) in [4.78, 5) is 4.13. The van der Waals surface area contributed by atoms with E-state index >= 15 is 0 Å². The highest BCUT2D eigenvalue weighted by atomic mass is 16.5. The molecule has 4 heteroatoms. The van der Waals surface area contributed by atoms with E-state index in [-0.39, 0.29) is 12.1 Å². The van der Waals surface area contributed by atoms with Crippen molar-refractivity contribution in [3.8, 4) is 0 Å². The quantitative estimate of drug-likeness (QED) is 0.788. The van der Waals surface area contributed by atoms with Gasteiger partial charge >= 0.3 is 0 Å². The highest BCUT2D eigenvalue weighted by Crippen LogP contribution is 2.40. The summed E-state index contributed by atoms with van der Waals surface area (Å²) in [5.74, 6) is 1.24. The molecule has 0 spiro atoms. The van der Waals surface area contributed by atoms with Gasteiger partial charge in [0.2, 0.25) is 0 Å². The molecule has 1 heterocycles. The standard InChI is InChI=1S/C12H19N3O/c1-14-10(11(16-2)8-5-6-8)9-4-3-7-15-12(9)13/h3-4,7-8,10-11,14H,5-6H2,1-2H3,(H2,13,15). The highest BCUT2D eigenvalue weighted by molar-refractivity contribution is 5.41. The van der Waals surface area contributed by atoms with Gasteiger partial charge in [-0.2, -0.15) is 0 Å². The van der Waals surface area contributed by atoms with Crippen LogP contribution in [0.1, 0.15) is 24.4 Å². The van der Waals surface area contributed by atoms with Crippen molar-refractivity contribution in [1.82, 2.24) is 10.3 Å². The zero-order valence-corrected chi connectivity index (χ0v) is 9.81. The molecule has 1 aliphatic carbocycles. The Bertz CT molecular complexity index is 352. The topological polar surface area (TPSA) is 60.2 Å². The molecule has 1 aliphatic rings. The van der Waals surface area contributed by atoms with Crippen molar-refractivity contribution >= 4 is 5.82 Å². The second kappa shape index (κ2) is 4.80. The van der Waals surface area contributed by atoms with Crippen LogP contribution in [0.4, 0.5) is 5.82 Å². The Morgan fingerprint density at radius 1 is 1.56 bits per heavy atom. The lowest BCUT2D eigenvalue weighted by Gasteiger charge is -2.26. The van der Waals surface area contributed by atoms with Crippen LogP contribution in [0, 0.1) is 5.92 Å². The summed E-state index contributed by atoms with van der Waals surface area (Å²) in [5.41, 5.74) is 6.93. The number of ether oxygens (including phenoxy) is 1. The van der Waals surface area contributed by atoms with E-state index < -0.39 is 0 Å². The number of pyridine rings is 1. The molecule has 2 rings (SSSR count). The molecule has 0 amide bonds. The number of anilines is 1. The zero-order chi connectivity index (χ0) is 11.5. The Labute approximate surface area is 96.2 Å². The van der Waals surface area contributed by atoms with Crippen molar-refractivity contribution in [3.05, 3.63) is 23.9 Å². The monoisotopic (exact) mass is 221 g/mol. The molecule has 0 radical (unpaired) electrons. The van der Waals surface area contributed by atoms with E-state index in [0.29, 0.717) is 11.7 Å². The highest BCUT2D eigenvalue weighted by Gasteiger charge is 2.37. The van der Waals surface area contributed by atoms with Gasteiger partial charge in [-0.05, 0) is 31.9 Å². The Hall–Kier alpha value is -1.13. The number of hydrogen-bond donors (Lipinski definition) is 2. The van der Waals surface area contributed by atoms with Crippen LogP contribution in [-0.4, -0.2) is 25.2 Å². The molecule has 1 aromatic heterocycles. The van der Waals surface area contributed by atoms with Crippen molar-refractivity contribution in [1.29, 1.82) is 0 Å². The van der Waals surface area contributed by atoms with Crippen molar-refractivity contribution in [2.45, 2.75) is 25.0 Å². The normalized spacial score (nSPS) is 19.4. The minimum atomic E-state index is 0.131. The van der Waals surface area contributed by atoms with Crippen LogP contribution in [0.15, 0.2) is 18.3 Å². The van der Waals surface area contributed by atoms with Crippen LogP contribution in [0.2, 0.25) is 0 Å². The van der Waals surface area contributed by atoms with Crippen molar-refractivity contribution < 1.29 is 4.74 Å². The Balaban J connectivity index is 2.23. The predicted molar refractivity (Wildman–Crippen MR) is 64.0 cm³/mol. The summed E-state index contributed by atoms with van der Waals surface area (Å²) in [6.07, 6.45) is 4.40. The first-order chi connectivity index (χ1) is 7.77. The maximum atomic E-state index is 5.90. The van der Waals surface area contributed by atoms with Gasteiger partial charge in [-0.1, -0.05) is 6.07 Å². The number of methoxy groups -OCH3 is 1. The summed E-state index contributed by atoms with van der Waals surface area (Å²) < 4.78 is 5.59.